The molecular weight excluding hydrogens is 364 g/mol. The van der Waals surface area contributed by atoms with Gasteiger partial charge >= 0.3 is 0 Å². The largest absolute Gasteiger partial charge is 0.381 e. The molecule has 0 atom stereocenters. The van der Waals surface area contributed by atoms with Gasteiger partial charge in [0.1, 0.15) is 0 Å². The Morgan fingerprint density at radius 2 is 1.93 bits per heavy atom. The van der Waals surface area contributed by atoms with Crippen LogP contribution in [-0.2, 0) is 36.2 Å². The van der Waals surface area contributed by atoms with E-state index in [2.05, 4.69) is 78.4 Å². The van der Waals surface area contributed by atoms with Crippen LogP contribution in [0.2, 0.25) is 0 Å². The molecule has 29 heavy (non-hydrogen) atoms. The van der Waals surface area contributed by atoms with Crippen molar-refractivity contribution in [2.24, 2.45) is 12.0 Å². The second kappa shape index (κ2) is 11.0. The number of nitrogens with one attached hydrogen (secondary N) is 1. The molecule has 1 aliphatic rings. The molecule has 0 bridgehead atoms. The summed E-state index contributed by atoms with van der Waals surface area (Å²) in [6, 6.07) is 12.8. The summed E-state index contributed by atoms with van der Waals surface area (Å²) in [4.78, 5) is 6.98. The molecule has 158 valence electrons. The van der Waals surface area contributed by atoms with Gasteiger partial charge in [0.25, 0.3) is 0 Å². The quantitative estimate of drug-likeness (QED) is 0.547. The molecule has 1 aromatic heterocycles. The van der Waals surface area contributed by atoms with Crippen molar-refractivity contribution in [3.05, 3.63) is 59.4 Å². The predicted octanol–water partition coefficient (Wildman–Crippen LogP) is 3.32. The summed E-state index contributed by atoms with van der Waals surface area (Å²) in [5, 5.41) is 3.39. The highest BCUT2D eigenvalue weighted by atomic mass is 16.5. The average Bonchev–Trinajstić information content (AvgIpc) is 3.15. The van der Waals surface area contributed by atoms with Crippen molar-refractivity contribution < 1.29 is 9.47 Å². The lowest BCUT2D eigenvalue weighted by Crippen LogP contribution is -2.38. The number of aromatic nitrogens is 1. The fraction of sp³-hybridized carbons (Fsp3) is 0.522. The lowest BCUT2D eigenvalue weighted by atomic mass is 10.1. The van der Waals surface area contributed by atoms with Crippen molar-refractivity contribution in [3.8, 4) is 0 Å². The SMILES string of the molecule is CCNC(=NCc1ccc(COC2CCOCC2)cc1)N(C)Cc1cccn1C. The number of nitrogens with zero attached hydrogens (tertiary/aromatic N) is 3. The Morgan fingerprint density at radius 1 is 1.21 bits per heavy atom. The van der Waals surface area contributed by atoms with E-state index < -0.39 is 0 Å². The fourth-order valence-corrected chi connectivity index (χ4v) is 3.41. The maximum atomic E-state index is 6.00. The van der Waals surface area contributed by atoms with E-state index >= 15 is 0 Å². The molecular formula is C23H34N4O2. The van der Waals surface area contributed by atoms with E-state index in [9.17, 15) is 0 Å². The fourth-order valence-electron chi connectivity index (χ4n) is 3.41. The van der Waals surface area contributed by atoms with Gasteiger partial charge in [0.2, 0.25) is 0 Å². The van der Waals surface area contributed by atoms with Gasteiger partial charge in [-0.15, -0.1) is 0 Å². The molecule has 1 saturated heterocycles. The van der Waals surface area contributed by atoms with E-state index in [4.69, 9.17) is 14.5 Å². The summed E-state index contributed by atoms with van der Waals surface area (Å²) >= 11 is 0. The molecule has 6 nitrogen and oxygen atoms in total. The van der Waals surface area contributed by atoms with Gasteiger partial charge in [-0.25, -0.2) is 4.99 Å². The van der Waals surface area contributed by atoms with Crippen LogP contribution in [0.25, 0.3) is 0 Å². The van der Waals surface area contributed by atoms with Gasteiger partial charge in [-0.2, -0.15) is 0 Å². The third-order valence-electron chi connectivity index (χ3n) is 5.24. The molecule has 2 aromatic rings. The summed E-state index contributed by atoms with van der Waals surface area (Å²) < 4.78 is 13.5. The first-order valence-corrected chi connectivity index (χ1v) is 10.5. The third kappa shape index (κ3) is 6.61. The minimum absolute atomic E-state index is 0.329. The first kappa shape index (κ1) is 21.4. The smallest absolute Gasteiger partial charge is 0.194 e. The maximum Gasteiger partial charge on any atom is 0.194 e. The molecule has 1 N–H and O–H groups in total. The highest BCUT2D eigenvalue weighted by Gasteiger charge is 2.14. The van der Waals surface area contributed by atoms with Crippen LogP contribution in [0.5, 0.6) is 0 Å². The third-order valence-corrected chi connectivity index (χ3v) is 5.24. The molecule has 3 rings (SSSR count). The Kier molecular flexibility index (Phi) is 8.14. The summed E-state index contributed by atoms with van der Waals surface area (Å²) in [7, 11) is 4.14. The molecule has 0 unspecified atom stereocenters. The van der Waals surface area contributed by atoms with Crippen LogP contribution >= 0.6 is 0 Å². The molecule has 0 spiro atoms. The number of aryl methyl sites for hydroxylation is 1. The first-order chi connectivity index (χ1) is 14.2. The van der Waals surface area contributed by atoms with Crippen molar-refractivity contribution in [2.75, 3.05) is 26.8 Å². The predicted molar refractivity (Wildman–Crippen MR) is 117 cm³/mol. The van der Waals surface area contributed by atoms with Crippen LogP contribution in [0.1, 0.15) is 36.6 Å². The summed E-state index contributed by atoms with van der Waals surface area (Å²) in [5.41, 5.74) is 3.66. The lowest BCUT2D eigenvalue weighted by molar-refractivity contribution is -0.0390. The van der Waals surface area contributed by atoms with Gasteiger partial charge in [0.15, 0.2) is 5.96 Å². The number of rotatable bonds is 8. The average molecular weight is 399 g/mol. The molecule has 2 heterocycles. The van der Waals surface area contributed by atoms with Crippen LogP contribution in [0, 0.1) is 0 Å². The molecule has 0 amide bonds. The number of aliphatic imine (C=N–C) groups is 1. The molecule has 0 saturated carbocycles. The summed E-state index contributed by atoms with van der Waals surface area (Å²) in [5.74, 6) is 0.917. The minimum Gasteiger partial charge on any atom is -0.381 e. The zero-order valence-electron chi connectivity index (χ0n) is 17.9. The second-order valence-corrected chi connectivity index (χ2v) is 7.58. The zero-order chi connectivity index (χ0) is 20.5. The number of hydrogen-bond acceptors (Lipinski definition) is 3. The molecule has 0 aliphatic carbocycles. The second-order valence-electron chi connectivity index (χ2n) is 7.58. The van der Waals surface area contributed by atoms with Gasteiger partial charge in [0.05, 0.1) is 25.8 Å². The van der Waals surface area contributed by atoms with Crippen LogP contribution < -0.4 is 5.32 Å². The Balaban J connectivity index is 1.53. The van der Waals surface area contributed by atoms with E-state index in [1.54, 1.807) is 0 Å². The van der Waals surface area contributed by atoms with Gasteiger partial charge in [-0.3, -0.25) is 0 Å². The summed E-state index contributed by atoms with van der Waals surface area (Å²) in [6.07, 6.45) is 4.39. The van der Waals surface area contributed by atoms with Crippen molar-refractivity contribution in [1.29, 1.82) is 0 Å². The van der Waals surface area contributed by atoms with E-state index in [0.29, 0.717) is 19.3 Å². The van der Waals surface area contributed by atoms with Gasteiger partial charge < -0.3 is 24.3 Å². The normalized spacial score (nSPS) is 15.5. The van der Waals surface area contributed by atoms with E-state index in [1.807, 2.05) is 0 Å². The molecule has 6 heteroatoms. The highest BCUT2D eigenvalue weighted by molar-refractivity contribution is 5.79. The van der Waals surface area contributed by atoms with Crippen molar-refractivity contribution in [1.82, 2.24) is 14.8 Å². The Morgan fingerprint density at radius 3 is 2.59 bits per heavy atom. The number of hydrogen-bond donors (Lipinski definition) is 1. The van der Waals surface area contributed by atoms with E-state index in [1.165, 1.54) is 16.8 Å². The highest BCUT2D eigenvalue weighted by Crippen LogP contribution is 2.14. The van der Waals surface area contributed by atoms with E-state index in [-0.39, 0.29) is 0 Å². The standard InChI is InChI=1S/C23H34N4O2/c1-4-24-23(27(3)17-21-6-5-13-26(21)2)25-16-19-7-9-20(10-8-19)18-29-22-11-14-28-15-12-22/h5-10,13,22H,4,11-12,14-18H2,1-3H3,(H,24,25). The van der Waals surface area contributed by atoms with Crippen molar-refractivity contribution >= 4 is 5.96 Å². The van der Waals surface area contributed by atoms with Crippen LogP contribution in [0.4, 0.5) is 0 Å². The molecule has 0 radical (unpaired) electrons. The first-order valence-electron chi connectivity index (χ1n) is 10.5. The van der Waals surface area contributed by atoms with Gasteiger partial charge in [0, 0.05) is 45.7 Å². The number of ether oxygens (including phenoxy) is 2. The topological polar surface area (TPSA) is 51.0 Å². The monoisotopic (exact) mass is 398 g/mol. The Labute approximate surface area is 174 Å². The summed E-state index contributed by atoms with van der Waals surface area (Å²) in [6.45, 7) is 6.70. The Bertz CT molecular complexity index is 763. The van der Waals surface area contributed by atoms with Crippen LogP contribution in [-0.4, -0.2) is 48.3 Å². The molecule has 1 aromatic carbocycles. The number of guanidine groups is 1. The van der Waals surface area contributed by atoms with Crippen LogP contribution in [0.15, 0.2) is 47.6 Å². The lowest BCUT2D eigenvalue weighted by Gasteiger charge is -2.22. The number of benzene rings is 1. The zero-order valence-corrected chi connectivity index (χ0v) is 17.9. The molecule has 1 aliphatic heterocycles. The molecule has 1 fully saturated rings. The minimum atomic E-state index is 0.329. The van der Waals surface area contributed by atoms with Crippen molar-refractivity contribution in [3.63, 3.8) is 0 Å². The Hall–Kier alpha value is -2.31. The van der Waals surface area contributed by atoms with Crippen LogP contribution in [0.3, 0.4) is 0 Å². The van der Waals surface area contributed by atoms with Crippen molar-refractivity contribution in [2.45, 2.75) is 45.6 Å². The maximum absolute atomic E-state index is 6.00. The van der Waals surface area contributed by atoms with Gasteiger partial charge in [-0.1, -0.05) is 24.3 Å². The van der Waals surface area contributed by atoms with Gasteiger partial charge in [-0.05, 0) is 43.0 Å². The van der Waals surface area contributed by atoms with E-state index in [0.717, 1.165) is 45.1 Å².